The maximum atomic E-state index is 13.3. The molecule has 0 spiro atoms. The molecule has 7 heteroatoms. The first-order chi connectivity index (χ1) is 16.0. The maximum absolute atomic E-state index is 13.3. The van der Waals surface area contributed by atoms with E-state index in [0.717, 1.165) is 10.2 Å². The lowest BCUT2D eigenvalue weighted by Gasteiger charge is -2.16. The number of aromatic nitrogens is 2. The van der Waals surface area contributed by atoms with Crippen molar-refractivity contribution in [1.82, 2.24) is 15.1 Å². The third kappa shape index (κ3) is 4.57. The summed E-state index contributed by atoms with van der Waals surface area (Å²) < 4.78 is 1.16. The lowest BCUT2D eigenvalue weighted by molar-refractivity contribution is 0.0696. The van der Waals surface area contributed by atoms with Gasteiger partial charge in [0, 0.05) is 24.7 Å². The molecule has 0 aliphatic heterocycles. The average Bonchev–Trinajstić information content (AvgIpc) is 2.85. The average molecular weight is 439 g/mol. The largest absolute Gasteiger partial charge is 0.478 e. The first-order valence-electron chi connectivity index (χ1n) is 10.3. The number of carbonyl (C=O) groups excluding carboxylic acids is 1. The van der Waals surface area contributed by atoms with Gasteiger partial charge >= 0.3 is 5.97 Å². The second kappa shape index (κ2) is 9.32. The van der Waals surface area contributed by atoms with E-state index < -0.39 is 17.4 Å². The van der Waals surface area contributed by atoms with Crippen LogP contribution in [0.3, 0.4) is 0 Å². The minimum atomic E-state index is -1.05. The van der Waals surface area contributed by atoms with Crippen molar-refractivity contribution in [2.24, 2.45) is 7.05 Å². The number of aromatic carboxylic acids is 1. The molecular formula is C26H21N3O4. The maximum Gasteiger partial charge on any atom is 0.335 e. The minimum Gasteiger partial charge on any atom is -0.478 e. The fourth-order valence-corrected chi connectivity index (χ4v) is 3.61. The minimum absolute atomic E-state index is 0.0213. The van der Waals surface area contributed by atoms with Gasteiger partial charge in [-0.15, -0.1) is 0 Å². The van der Waals surface area contributed by atoms with Crippen molar-refractivity contribution in [1.29, 1.82) is 0 Å². The third-order valence-electron chi connectivity index (χ3n) is 5.21. The Labute approximate surface area is 190 Å². The number of hydrogen-bond donors (Lipinski definition) is 2. The van der Waals surface area contributed by atoms with Crippen LogP contribution in [0, 0.1) is 0 Å². The lowest BCUT2D eigenvalue weighted by Crippen LogP contribution is -2.34. The summed E-state index contributed by atoms with van der Waals surface area (Å²) >= 11 is 0. The Bertz CT molecular complexity index is 1380. The highest BCUT2D eigenvalue weighted by atomic mass is 16.4. The predicted octanol–water partition coefficient (Wildman–Crippen LogP) is 3.74. The predicted molar refractivity (Wildman–Crippen MR) is 125 cm³/mol. The summed E-state index contributed by atoms with van der Waals surface area (Å²) in [5.41, 5.74) is 2.62. The zero-order chi connectivity index (χ0) is 23.4. The Morgan fingerprint density at radius 3 is 2.18 bits per heavy atom. The summed E-state index contributed by atoms with van der Waals surface area (Å²) in [5.74, 6) is -1.61. The fraction of sp³-hybridized carbons (Fsp3) is 0.0769. The Morgan fingerprint density at radius 2 is 1.55 bits per heavy atom. The Hall–Kier alpha value is -4.52. The highest BCUT2D eigenvalue weighted by Gasteiger charge is 2.24. The second-order valence-corrected chi connectivity index (χ2v) is 7.45. The first kappa shape index (κ1) is 21.7. The summed E-state index contributed by atoms with van der Waals surface area (Å²) in [4.78, 5) is 37.7. The number of carboxylic acid groups (broad SMARTS) is 1. The SMILES string of the molecule is Cn1nc(-c2ccccc2)c(-c2ccccc2)c(C(=O)NCc2cccc(C(=O)O)c2)c1=O. The van der Waals surface area contributed by atoms with Crippen molar-refractivity contribution < 1.29 is 14.7 Å². The molecule has 0 saturated carbocycles. The summed E-state index contributed by atoms with van der Waals surface area (Å²) in [6, 6.07) is 24.8. The van der Waals surface area contributed by atoms with Crippen molar-refractivity contribution in [2.75, 3.05) is 0 Å². The monoisotopic (exact) mass is 439 g/mol. The fourth-order valence-electron chi connectivity index (χ4n) is 3.61. The van der Waals surface area contributed by atoms with Crippen molar-refractivity contribution in [3.63, 3.8) is 0 Å². The van der Waals surface area contributed by atoms with Gasteiger partial charge in [0.25, 0.3) is 11.5 Å². The van der Waals surface area contributed by atoms with E-state index >= 15 is 0 Å². The van der Waals surface area contributed by atoms with Gasteiger partial charge in [-0.1, -0.05) is 72.8 Å². The number of carboxylic acids is 1. The van der Waals surface area contributed by atoms with Crippen molar-refractivity contribution in [3.05, 3.63) is 112 Å². The van der Waals surface area contributed by atoms with E-state index in [2.05, 4.69) is 10.4 Å². The third-order valence-corrected chi connectivity index (χ3v) is 5.21. The zero-order valence-electron chi connectivity index (χ0n) is 17.9. The van der Waals surface area contributed by atoms with Crippen LogP contribution in [-0.4, -0.2) is 26.8 Å². The number of rotatable bonds is 6. The van der Waals surface area contributed by atoms with Gasteiger partial charge in [0.15, 0.2) is 0 Å². The second-order valence-electron chi connectivity index (χ2n) is 7.45. The molecule has 0 aliphatic rings. The molecule has 0 aliphatic carbocycles. The molecule has 164 valence electrons. The van der Waals surface area contributed by atoms with Gasteiger partial charge in [0.2, 0.25) is 0 Å². The quantitative estimate of drug-likeness (QED) is 0.477. The van der Waals surface area contributed by atoms with Gasteiger partial charge in [0.05, 0.1) is 11.3 Å². The van der Waals surface area contributed by atoms with Crippen LogP contribution in [0.1, 0.15) is 26.3 Å². The summed E-state index contributed by atoms with van der Waals surface area (Å²) in [6.45, 7) is 0.0698. The number of amides is 1. The van der Waals surface area contributed by atoms with Crippen LogP contribution in [0.15, 0.2) is 89.7 Å². The molecule has 0 saturated heterocycles. The van der Waals surface area contributed by atoms with Crippen molar-refractivity contribution in [2.45, 2.75) is 6.54 Å². The van der Waals surface area contributed by atoms with Crippen LogP contribution in [-0.2, 0) is 13.6 Å². The molecule has 0 fully saturated rings. The number of carbonyl (C=O) groups is 2. The van der Waals surface area contributed by atoms with Gasteiger partial charge in [0.1, 0.15) is 5.56 Å². The van der Waals surface area contributed by atoms with E-state index in [1.807, 2.05) is 60.7 Å². The number of nitrogens with zero attached hydrogens (tertiary/aromatic N) is 2. The topological polar surface area (TPSA) is 101 Å². The van der Waals surface area contributed by atoms with Gasteiger partial charge in [-0.2, -0.15) is 5.10 Å². The molecular weight excluding hydrogens is 418 g/mol. The van der Waals surface area contributed by atoms with Crippen LogP contribution in [0.2, 0.25) is 0 Å². The molecule has 1 heterocycles. The smallest absolute Gasteiger partial charge is 0.335 e. The molecule has 7 nitrogen and oxygen atoms in total. The number of benzene rings is 3. The van der Waals surface area contributed by atoms with Crippen LogP contribution >= 0.6 is 0 Å². The van der Waals surface area contributed by atoms with Crippen LogP contribution in [0.5, 0.6) is 0 Å². The van der Waals surface area contributed by atoms with Gasteiger partial charge in [-0.05, 0) is 23.3 Å². The molecule has 0 bridgehead atoms. The molecule has 4 aromatic rings. The van der Waals surface area contributed by atoms with Crippen molar-refractivity contribution >= 4 is 11.9 Å². The Balaban J connectivity index is 1.81. The standard InChI is InChI=1S/C26H21N3O4/c1-29-25(31)22(24(30)27-16-17-9-8-14-20(15-17)26(32)33)21(18-10-4-2-5-11-18)23(28-29)19-12-6-3-7-13-19/h2-15H,16H2,1H3,(H,27,30)(H,32,33). The van der Waals surface area contributed by atoms with E-state index in [1.54, 1.807) is 12.1 Å². The molecule has 0 atom stereocenters. The van der Waals surface area contributed by atoms with Gasteiger partial charge in [-0.3, -0.25) is 9.59 Å². The van der Waals surface area contributed by atoms with E-state index in [-0.39, 0.29) is 17.7 Å². The summed E-state index contributed by atoms with van der Waals surface area (Å²) in [5, 5.41) is 16.4. The molecule has 1 amide bonds. The Morgan fingerprint density at radius 1 is 0.909 bits per heavy atom. The lowest BCUT2D eigenvalue weighted by atomic mass is 9.95. The highest BCUT2D eigenvalue weighted by molar-refractivity contribution is 6.03. The van der Waals surface area contributed by atoms with E-state index in [0.29, 0.717) is 22.4 Å². The molecule has 1 aromatic heterocycles. The van der Waals surface area contributed by atoms with Crippen LogP contribution in [0.25, 0.3) is 22.4 Å². The molecule has 4 rings (SSSR count). The van der Waals surface area contributed by atoms with Crippen LogP contribution < -0.4 is 10.9 Å². The molecule has 3 aromatic carbocycles. The molecule has 33 heavy (non-hydrogen) atoms. The molecule has 0 unspecified atom stereocenters. The summed E-state index contributed by atoms with van der Waals surface area (Å²) in [6.07, 6.45) is 0. The molecule has 2 N–H and O–H groups in total. The number of aryl methyl sites for hydroxylation is 1. The number of hydrogen-bond acceptors (Lipinski definition) is 4. The number of nitrogens with one attached hydrogen (secondary N) is 1. The normalized spacial score (nSPS) is 10.6. The molecule has 0 radical (unpaired) electrons. The van der Waals surface area contributed by atoms with E-state index in [1.165, 1.54) is 19.2 Å². The van der Waals surface area contributed by atoms with Crippen molar-refractivity contribution in [3.8, 4) is 22.4 Å². The van der Waals surface area contributed by atoms with Gasteiger partial charge in [-0.25, -0.2) is 9.48 Å². The Kier molecular flexibility index (Phi) is 6.13. The first-order valence-corrected chi connectivity index (χ1v) is 10.3. The highest BCUT2D eigenvalue weighted by Crippen LogP contribution is 2.31. The zero-order valence-corrected chi connectivity index (χ0v) is 17.9. The van der Waals surface area contributed by atoms with Gasteiger partial charge < -0.3 is 10.4 Å². The van der Waals surface area contributed by atoms with E-state index in [4.69, 9.17) is 0 Å². The van der Waals surface area contributed by atoms with Crippen LogP contribution in [0.4, 0.5) is 0 Å². The van der Waals surface area contributed by atoms with E-state index in [9.17, 15) is 19.5 Å². The summed E-state index contributed by atoms with van der Waals surface area (Å²) in [7, 11) is 1.51.